The van der Waals surface area contributed by atoms with Crippen LogP contribution in [-0.4, -0.2) is 46.2 Å². The van der Waals surface area contributed by atoms with Gasteiger partial charge in [0.15, 0.2) is 0 Å². The second-order valence-electron chi connectivity index (χ2n) is 5.04. The third kappa shape index (κ3) is 3.59. The van der Waals surface area contributed by atoms with Crippen LogP contribution in [0.1, 0.15) is 20.8 Å². The SMILES string of the molecule is CC(C)(C)CNC(=O)N1CSC[C@H]1C(=O)O. The molecular formula is C10H18N2O3S. The maximum atomic E-state index is 11.7. The maximum absolute atomic E-state index is 11.7. The Bertz CT molecular complexity index is 288. The highest BCUT2D eigenvalue weighted by molar-refractivity contribution is 7.99. The predicted molar refractivity (Wildman–Crippen MR) is 63.4 cm³/mol. The molecular weight excluding hydrogens is 228 g/mol. The first-order valence-electron chi connectivity index (χ1n) is 5.16. The first kappa shape index (κ1) is 13.2. The minimum atomic E-state index is -0.934. The van der Waals surface area contributed by atoms with Gasteiger partial charge in [-0.25, -0.2) is 9.59 Å². The summed E-state index contributed by atoms with van der Waals surface area (Å²) in [6.45, 7) is 6.58. The molecule has 1 aliphatic rings. The summed E-state index contributed by atoms with van der Waals surface area (Å²) in [4.78, 5) is 24.0. The highest BCUT2D eigenvalue weighted by Crippen LogP contribution is 2.21. The molecule has 1 rings (SSSR count). The third-order valence-corrected chi connectivity index (χ3v) is 3.21. The van der Waals surface area contributed by atoms with Crippen LogP contribution in [0.5, 0.6) is 0 Å². The number of hydrogen-bond donors (Lipinski definition) is 2. The van der Waals surface area contributed by atoms with E-state index in [0.717, 1.165) is 0 Å². The topological polar surface area (TPSA) is 69.6 Å². The monoisotopic (exact) mass is 246 g/mol. The van der Waals surface area contributed by atoms with Gasteiger partial charge >= 0.3 is 12.0 Å². The number of carboxylic acid groups (broad SMARTS) is 1. The van der Waals surface area contributed by atoms with Crippen molar-refractivity contribution < 1.29 is 14.7 Å². The third-order valence-electron chi connectivity index (χ3n) is 2.20. The average Bonchev–Trinajstić information content (AvgIpc) is 2.61. The number of nitrogens with zero attached hydrogens (tertiary/aromatic N) is 1. The van der Waals surface area contributed by atoms with Gasteiger partial charge in [0.2, 0.25) is 0 Å². The first-order valence-corrected chi connectivity index (χ1v) is 6.32. The van der Waals surface area contributed by atoms with E-state index in [2.05, 4.69) is 5.32 Å². The molecule has 2 N–H and O–H groups in total. The van der Waals surface area contributed by atoms with E-state index in [4.69, 9.17) is 5.11 Å². The van der Waals surface area contributed by atoms with Gasteiger partial charge in [0.1, 0.15) is 6.04 Å². The Labute approximate surface area is 99.6 Å². The number of urea groups is 1. The highest BCUT2D eigenvalue weighted by atomic mass is 32.2. The van der Waals surface area contributed by atoms with Crippen LogP contribution >= 0.6 is 11.8 Å². The summed E-state index contributed by atoms with van der Waals surface area (Å²) < 4.78 is 0. The molecule has 5 nitrogen and oxygen atoms in total. The molecule has 0 radical (unpaired) electrons. The van der Waals surface area contributed by atoms with Crippen LogP contribution in [0, 0.1) is 5.41 Å². The van der Waals surface area contributed by atoms with Crippen molar-refractivity contribution in [3.05, 3.63) is 0 Å². The number of carbonyl (C=O) groups is 2. The molecule has 92 valence electrons. The van der Waals surface area contributed by atoms with Crippen LogP contribution in [-0.2, 0) is 4.79 Å². The summed E-state index contributed by atoms with van der Waals surface area (Å²) in [5, 5.41) is 11.7. The second kappa shape index (κ2) is 4.95. The van der Waals surface area contributed by atoms with Crippen molar-refractivity contribution in [1.82, 2.24) is 10.2 Å². The van der Waals surface area contributed by atoms with Gasteiger partial charge in [-0.05, 0) is 5.41 Å². The van der Waals surface area contributed by atoms with Gasteiger partial charge < -0.3 is 15.3 Å². The van der Waals surface area contributed by atoms with E-state index in [1.165, 1.54) is 16.7 Å². The van der Waals surface area contributed by atoms with E-state index in [-0.39, 0.29) is 11.4 Å². The highest BCUT2D eigenvalue weighted by Gasteiger charge is 2.34. The van der Waals surface area contributed by atoms with Gasteiger partial charge in [0, 0.05) is 12.3 Å². The van der Waals surface area contributed by atoms with Crippen LogP contribution in [0.25, 0.3) is 0 Å². The number of thioether (sulfide) groups is 1. The fourth-order valence-electron chi connectivity index (χ4n) is 1.29. The lowest BCUT2D eigenvalue weighted by Gasteiger charge is -2.24. The van der Waals surface area contributed by atoms with Gasteiger partial charge in [0.25, 0.3) is 0 Å². The van der Waals surface area contributed by atoms with Crippen molar-refractivity contribution in [1.29, 1.82) is 0 Å². The zero-order valence-electron chi connectivity index (χ0n) is 9.82. The molecule has 0 spiro atoms. The Morgan fingerprint density at radius 2 is 2.12 bits per heavy atom. The fourth-order valence-corrected chi connectivity index (χ4v) is 2.43. The minimum Gasteiger partial charge on any atom is -0.480 e. The zero-order valence-corrected chi connectivity index (χ0v) is 10.6. The second-order valence-corrected chi connectivity index (χ2v) is 6.04. The number of aliphatic carboxylic acids is 1. The largest absolute Gasteiger partial charge is 0.480 e. The van der Waals surface area contributed by atoms with Crippen molar-refractivity contribution in [2.45, 2.75) is 26.8 Å². The minimum absolute atomic E-state index is 0.00124. The van der Waals surface area contributed by atoms with Crippen molar-refractivity contribution in [3.63, 3.8) is 0 Å². The lowest BCUT2D eigenvalue weighted by atomic mass is 9.97. The van der Waals surface area contributed by atoms with Crippen molar-refractivity contribution in [2.24, 2.45) is 5.41 Å². The summed E-state index contributed by atoms with van der Waals surface area (Å²) in [7, 11) is 0. The smallest absolute Gasteiger partial charge is 0.327 e. The summed E-state index contributed by atoms with van der Waals surface area (Å²) >= 11 is 1.46. The molecule has 0 aromatic carbocycles. The summed E-state index contributed by atoms with van der Waals surface area (Å²) in [5.41, 5.74) is 0.00124. The molecule has 0 aromatic rings. The number of carbonyl (C=O) groups excluding carboxylic acids is 1. The molecule has 6 heteroatoms. The van der Waals surface area contributed by atoms with Gasteiger partial charge in [-0.3, -0.25) is 0 Å². The average molecular weight is 246 g/mol. The summed E-state index contributed by atoms with van der Waals surface area (Å²) in [6.07, 6.45) is 0. The van der Waals surface area contributed by atoms with Crippen LogP contribution < -0.4 is 5.32 Å². The molecule has 0 saturated carbocycles. The van der Waals surface area contributed by atoms with Gasteiger partial charge in [-0.1, -0.05) is 20.8 Å². The normalized spacial score (nSPS) is 20.9. The summed E-state index contributed by atoms with van der Waals surface area (Å²) in [5.74, 6) is -0.0125. The standard InChI is InChI=1S/C10H18N2O3S/c1-10(2,3)5-11-9(15)12-6-16-4-7(12)8(13)14/h7H,4-6H2,1-3H3,(H,11,15)(H,13,14)/t7-/m0/s1. The maximum Gasteiger partial charge on any atom is 0.327 e. The lowest BCUT2D eigenvalue weighted by molar-refractivity contribution is -0.140. The molecule has 1 heterocycles. The van der Waals surface area contributed by atoms with E-state index in [1.807, 2.05) is 20.8 Å². The van der Waals surface area contributed by atoms with E-state index in [9.17, 15) is 9.59 Å². The van der Waals surface area contributed by atoms with Crippen LogP contribution in [0.4, 0.5) is 4.79 Å². The number of hydrogen-bond acceptors (Lipinski definition) is 3. The fraction of sp³-hybridized carbons (Fsp3) is 0.800. The predicted octanol–water partition coefficient (Wildman–Crippen LogP) is 1.20. The first-order chi connectivity index (χ1) is 7.31. The van der Waals surface area contributed by atoms with E-state index in [1.54, 1.807) is 0 Å². The molecule has 0 unspecified atom stereocenters. The Morgan fingerprint density at radius 1 is 1.50 bits per heavy atom. The zero-order chi connectivity index (χ0) is 12.3. The Kier molecular flexibility index (Phi) is 4.07. The number of amides is 2. The quantitative estimate of drug-likeness (QED) is 0.768. The molecule has 1 saturated heterocycles. The van der Waals surface area contributed by atoms with Gasteiger partial charge in [-0.15, -0.1) is 11.8 Å². The van der Waals surface area contributed by atoms with Crippen molar-refractivity contribution >= 4 is 23.8 Å². The Hall–Kier alpha value is -0.910. The molecule has 0 aliphatic carbocycles. The molecule has 16 heavy (non-hydrogen) atoms. The van der Waals surface area contributed by atoms with Gasteiger partial charge in [0.05, 0.1) is 5.88 Å². The van der Waals surface area contributed by atoms with E-state index >= 15 is 0 Å². The number of nitrogens with one attached hydrogen (secondary N) is 1. The van der Waals surface area contributed by atoms with Crippen molar-refractivity contribution in [3.8, 4) is 0 Å². The molecule has 1 fully saturated rings. The molecule has 1 atom stereocenters. The molecule has 0 aromatic heterocycles. The lowest BCUT2D eigenvalue weighted by Crippen LogP contribution is -2.48. The summed E-state index contributed by atoms with van der Waals surface area (Å²) in [6, 6.07) is -0.975. The molecule has 0 bridgehead atoms. The van der Waals surface area contributed by atoms with Gasteiger partial charge in [-0.2, -0.15) is 0 Å². The Balaban J connectivity index is 2.50. The Morgan fingerprint density at radius 3 is 2.62 bits per heavy atom. The van der Waals surface area contributed by atoms with Crippen LogP contribution in [0.3, 0.4) is 0 Å². The number of carboxylic acids is 1. The van der Waals surface area contributed by atoms with Crippen LogP contribution in [0.15, 0.2) is 0 Å². The molecule has 1 aliphatic heterocycles. The molecule has 2 amide bonds. The van der Waals surface area contributed by atoms with E-state index in [0.29, 0.717) is 18.2 Å². The number of rotatable bonds is 2. The van der Waals surface area contributed by atoms with Crippen LogP contribution in [0.2, 0.25) is 0 Å². The van der Waals surface area contributed by atoms with Crippen molar-refractivity contribution in [2.75, 3.05) is 18.2 Å². The van der Waals surface area contributed by atoms with E-state index < -0.39 is 12.0 Å².